The van der Waals surface area contributed by atoms with Gasteiger partial charge in [-0.05, 0) is 31.9 Å². The quantitative estimate of drug-likeness (QED) is 0.419. The van der Waals surface area contributed by atoms with Crippen LogP contribution < -0.4 is 4.74 Å². The average molecular weight is 286 g/mol. The van der Waals surface area contributed by atoms with Crippen LogP contribution in [0.15, 0.2) is 18.2 Å². The molecule has 20 heavy (non-hydrogen) atoms. The molecular weight excluding hydrogens is 270 g/mol. The topological polar surface area (TPSA) is 52.6 Å². The number of hydrogen-bond acceptors (Lipinski definition) is 4. The van der Waals surface area contributed by atoms with E-state index < -0.39 is 23.4 Å². The standard InChI is InChI=1S/C14H16F2O4/c1-2-19-14(18)11(17)7-3-4-9-20-12-8-5-6-10(15)13(12)16/h5-6,8H,2-4,7,9H2,1H3. The van der Waals surface area contributed by atoms with Crippen molar-refractivity contribution in [2.24, 2.45) is 0 Å². The van der Waals surface area contributed by atoms with Crippen LogP contribution in [0.1, 0.15) is 26.2 Å². The molecule has 110 valence electrons. The Balaban J connectivity index is 2.24. The molecule has 0 bridgehead atoms. The molecule has 0 saturated carbocycles. The van der Waals surface area contributed by atoms with Gasteiger partial charge in [0.2, 0.25) is 11.6 Å². The van der Waals surface area contributed by atoms with Crippen molar-refractivity contribution in [3.8, 4) is 5.75 Å². The number of halogens is 2. The lowest BCUT2D eigenvalue weighted by molar-refractivity contribution is -0.153. The van der Waals surface area contributed by atoms with Crippen LogP contribution in [0.25, 0.3) is 0 Å². The Labute approximate surface area is 115 Å². The summed E-state index contributed by atoms with van der Waals surface area (Å²) in [6.07, 6.45) is 0.906. The third kappa shape index (κ3) is 4.95. The molecule has 1 aromatic carbocycles. The van der Waals surface area contributed by atoms with Gasteiger partial charge >= 0.3 is 5.97 Å². The molecule has 0 aromatic heterocycles. The second-order valence-corrected chi connectivity index (χ2v) is 4.00. The first-order valence-electron chi connectivity index (χ1n) is 6.33. The molecule has 0 saturated heterocycles. The van der Waals surface area contributed by atoms with Gasteiger partial charge in [-0.15, -0.1) is 0 Å². The monoisotopic (exact) mass is 286 g/mol. The molecule has 0 aliphatic rings. The minimum Gasteiger partial charge on any atom is -0.490 e. The fourth-order valence-corrected chi connectivity index (χ4v) is 1.48. The van der Waals surface area contributed by atoms with Gasteiger partial charge in [0.1, 0.15) is 0 Å². The van der Waals surface area contributed by atoms with Gasteiger partial charge in [0.25, 0.3) is 0 Å². The molecule has 0 heterocycles. The van der Waals surface area contributed by atoms with Crippen LogP contribution in [0, 0.1) is 11.6 Å². The van der Waals surface area contributed by atoms with E-state index >= 15 is 0 Å². The van der Waals surface area contributed by atoms with Crippen LogP contribution in [-0.2, 0) is 14.3 Å². The van der Waals surface area contributed by atoms with E-state index in [1.54, 1.807) is 6.92 Å². The van der Waals surface area contributed by atoms with Gasteiger partial charge in [-0.1, -0.05) is 6.07 Å². The molecule has 0 atom stereocenters. The summed E-state index contributed by atoms with van der Waals surface area (Å²) in [5.74, 6) is -3.61. The molecule has 4 nitrogen and oxygen atoms in total. The van der Waals surface area contributed by atoms with Gasteiger partial charge in [0.05, 0.1) is 13.2 Å². The van der Waals surface area contributed by atoms with Gasteiger partial charge in [0, 0.05) is 6.42 Å². The van der Waals surface area contributed by atoms with E-state index in [1.807, 2.05) is 0 Å². The summed E-state index contributed by atoms with van der Waals surface area (Å²) in [6.45, 7) is 1.91. The highest BCUT2D eigenvalue weighted by atomic mass is 19.2. The molecule has 1 aromatic rings. The number of carbonyl (C=O) groups is 2. The maximum atomic E-state index is 13.2. The van der Waals surface area contributed by atoms with E-state index in [-0.39, 0.29) is 25.4 Å². The number of carbonyl (C=O) groups excluding carboxylic acids is 2. The Bertz CT molecular complexity index is 474. The van der Waals surface area contributed by atoms with Crippen LogP contribution in [0.3, 0.4) is 0 Å². The Hall–Kier alpha value is -1.98. The van der Waals surface area contributed by atoms with Crippen molar-refractivity contribution in [3.05, 3.63) is 29.8 Å². The zero-order valence-electron chi connectivity index (χ0n) is 11.2. The fraction of sp³-hybridized carbons (Fsp3) is 0.429. The summed E-state index contributed by atoms with van der Waals surface area (Å²) in [6, 6.07) is 3.67. The van der Waals surface area contributed by atoms with E-state index in [9.17, 15) is 18.4 Å². The third-order valence-electron chi connectivity index (χ3n) is 2.48. The summed E-state index contributed by atoms with van der Waals surface area (Å²) < 4.78 is 35.7. The average Bonchev–Trinajstić information content (AvgIpc) is 2.43. The first-order chi connectivity index (χ1) is 9.56. The van der Waals surface area contributed by atoms with Gasteiger partial charge in [0.15, 0.2) is 11.6 Å². The maximum Gasteiger partial charge on any atom is 0.374 e. The molecule has 0 unspecified atom stereocenters. The SMILES string of the molecule is CCOC(=O)C(=O)CCCCOc1cccc(F)c1F. The van der Waals surface area contributed by atoms with E-state index in [0.717, 1.165) is 6.07 Å². The molecule has 6 heteroatoms. The van der Waals surface area contributed by atoms with Crippen LogP contribution in [0.4, 0.5) is 8.78 Å². The number of benzene rings is 1. The zero-order valence-corrected chi connectivity index (χ0v) is 11.2. The second-order valence-electron chi connectivity index (χ2n) is 4.00. The zero-order chi connectivity index (χ0) is 15.0. The van der Waals surface area contributed by atoms with Gasteiger partial charge in [-0.3, -0.25) is 4.79 Å². The lowest BCUT2D eigenvalue weighted by Crippen LogP contribution is -2.17. The molecule has 0 radical (unpaired) electrons. The smallest absolute Gasteiger partial charge is 0.374 e. The summed E-state index contributed by atoms with van der Waals surface area (Å²) in [7, 11) is 0. The highest BCUT2D eigenvalue weighted by molar-refractivity contribution is 6.33. The molecule has 0 spiro atoms. The normalized spacial score (nSPS) is 10.2. The van der Waals surface area contributed by atoms with Crippen LogP contribution in [0.2, 0.25) is 0 Å². The molecule has 0 aliphatic carbocycles. The first-order valence-corrected chi connectivity index (χ1v) is 6.33. The van der Waals surface area contributed by atoms with Gasteiger partial charge < -0.3 is 9.47 Å². The Kier molecular flexibility index (Phi) is 6.63. The number of esters is 1. The van der Waals surface area contributed by atoms with E-state index in [2.05, 4.69) is 4.74 Å². The molecule has 1 rings (SSSR count). The summed E-state index contributed by atoms with van der Waals surface area (Å²) in [4.78, 5) is 22.3. The highest BCUT2D eigenvalue weighted by Gasteiger charge is 2.14. The first kappa shape index (κ1) is 16.1. The van der Waals surface area contributed by atoms with E-state index in [0.29, 0.717) is 12.8 Å². The molecule has 0 fully saturated rings. The lowest BCUT2D eigenvalue weighted by Gasteiger charge is -2.07. The van der Waals surface area contributed by atoms with Crippen LogP contribution in [0.5, 0.6) is 5.75 Å². The number of hydrogen-bond donors (Lipinski definition) is 0. The predicted octanol–water partition coefficient (Wildman–Crippen LogP) is 2.65. The summed E-state index contributed by atoms with van der Waals surface area (Å²) in [5, 5.41) is 0. The highest BCUT2D eigenvalue weighted by Crippen LogP contribution is 2.19. The van der Waals surface area contributed by atoms with Crippen LogP contribution in [-0.4, -0.2) is 25.0 Å². The van der Waals surface area contributed by atoms with Crippen molar-refractivity contribution < 1.29 is 27.8 Å². The van der Waals surface area contributed by atoms with Crippen molar-refractivity contribution in [1.29, 1.82) is 0 Å². The van der Waals surface area contributed by atoms with Gasteiger partial charge in [-0.25, -0.2) is 9.18 Å². The maximum absolute atomic E-state index is 13.2. The molecule has 0 aliphatic heterocycles. The minimum absolute atomic E-state index is 0.0494. The summed E-state index contributed by atoms with van der Waals surface area (Å²) in [5.41, 5.74) is 0. The number of rotatable bonds is 8. The van der Waals surface area contributed by atoms with E-state index in [1.165, 1.54) is 12.1 Å². The lowest BCUT2D eigenvalue weighted by atomic mass is 10.2. The largest absolute Gasteiger partial charge is 0.490 e. The Morgan fingerprint density at radius 2 is 1.95 bits per heavy atom. The molecular formula is C14H16F2O4. The number of Topliss-reactive ketones (excluding diaryl/α,β-unsaturated/α-hetero) is 1. The number of ketones is 1. The summed E-state index contributed by atoms with van der Waals surface area (Å²) >= 11 is 0. The minimum atomic E-state index is -1.03. The van der Waals surface area contributed by atoms with Crippen molar-refractivity contribution in [1.82, 2.24) is 0 Å². The van der Waals surface area contributed by atoms with Crippen LogP contribution >= 0.6 is 0 Å². The number of unbranched alkanes of at least 4 members (excludes halogenated alkanes) is 1. The Morgan fingerprint density at radius 3 is 2.65 bits per heavy atom. The number of ether oxygens (including phenoxy) is 2. The van der Waals surface area contributed by atoms with Crippen molar-refractivity contribution in [2.45, 2.75) is 26.2 Å². The van der Waals surface area contributed by atoms with E-state index in [4.69, 9.17) is 4.74 Å². The second kappa shape index (κ2) is 8.24. The Morgan fingerprint density at radius 1 is 1.20 bits per heavy atom. The molecule has 0 N–H and O–H groups in total. The molecule has 0 amide bonds. The third-order valence-corrected chi connectivity index (χ3v) is 2.48. The predicted molar refractivity (Wildman–Crippen MR) is 67.3 cm³/mol. The van der Waals surface area contributed by atoms with Gasteiger partial charge in [-0.2, -0.15) is 4.39 Å². The fourth-order valence-electron chi connectivity index (χ4n) is 1.48. The van der Waals surface area contributed by atoms with Crippen molar-refractivity contribution in [2.75, 3.05) is 13.2 Å². The van der Waals surface area contributed by atoms with Crippen molar-refractivity contribution in [3.63, 3.8) is 0 Å². The van der Waals surface area contributed by atoms with Crippen molar-refractivity contribution >= 4 is 11.8 Å².